The summed E-state index contributed by atoms with van der Waals surface area (Å²) in [4.78, 5) is 17.1. The van der Waals surface area contributed by atoms with E-state index in [1.54, 1.807) is 0 Å². The van der Waals surface area contributed by atoms with E-state index < -0.39 is 0 Å². The van der Waals surface area contributed by atoms with Crippen molar-refractivity contribution in [2.45, 2.75) is 57.3 Å². The number of nitrogens with one attached hydrogen (secondary N) is 1. The van der Waals surface area contributed by atoms with Gasteiger partial charge in [-0.25, -0.2) is 4.98 Å². The van der Waals surface area contributed by atoms with Crippen molar-refractivity contribution in [3.8, 4) is 11.3 Å². The maximum absolute atomic E-state index is 12.5. The molecular formula is C22H27N5O2S2. The number of nitrogens with zero attached hydrogens (tertiary/aromatic N) is 4. The van der Waals surface area contributed by atoms with E-state index in [1.165, 1.54) is 28.7 Å². The Balaban J connectivity index is 1.37. The summed E-state index contributed by atoms with van der Waals surface area (Å²) < 4.78 is 7.90. The molecular weight excluding hydrogens is 430 g/mol. The molecule has 1 aromatic carbocycles. The molecule has 1 aliphatic heterocycles. The number of carbonyl (C=O) groups is 1. The van der Waals surface area contributed by atoms with Crippen molar-refractivity contribution in [3.63, 3.8) is 0 Å². The summed E-state index contributed by atoms with van der Waals surface area (Å²) in [6.07, 6.45) is 2.33. The molecule has 1 N–H and O–H groups in total. The van der Waals surface area contributed by atoms with Gasteiger partial charge in [-0.15, -0.1) is 21.5 Å². The van der Waals surface area contributed by atoms with Crippen molar-refractivity contribution < 1.29 is 9.53 Å². The highest BCUT2D eigenvalue weighted by Crippen LogP contribution is 2.27. The molecule has 7 nitrogen and oxygen atoms in total. The summed E-state index contributed by atoms with van der Waals surface area (Å²) in [6.45, 7) is 7.81. The lowest BCUT2D eigenvalue weighted by molar-refractivity contribution is -0.113. The average Bonchev–Trinajstić information content (AvgIpc) is 3.49. The third kappa shape index (κ3) is 5.53. The van der Waals surface area contributed by atoms with Gasteiger partial charge in [0.1, 0.15) is 5.82 Å². The monoisotopic (exact) mass is 457 g/mol. The fourth-order valence-electron chi connectivity index (χ4n) is 3.47. The highest BCUT2D eigenvalue weighted by atomic mass is 32.2. The number of benzene rings is 1. The van der Waals surface area contributed by atoms with Crippen molar-refractivity contribution in [3.05, 3.63) is 41.0 Å². The second kappa shape index (κ2) is 9.93. The Bertz CT molecular complexity index is 1020. The molecule has 164 valence electrons. The van der Waals surface area contributed by atoms with E-state index in [9.17, 15) is 4.79 Å². The van der Waals surface area contributed by atoms with E-state index in [-0.39, 0.29) is 23.7 Å². The van der Waals surface area contributed by atoms with E-state index >= 15 is 0 Å². The van der Waals surface area contributed by atoms with Crippen molar-refractivity contribution in [2.24, 2.45) is 0 Å². The number of aryl methyl sites for hydroxylation is 1. The Kier molecular flexibility index (Phi) is 7.04. The molecule has 1 atom stereocenters. The first-order chi connectivity index (χ1) is 15.0. The summed E-state index contributed by atoms with van der Waals surface area (Å²) in [5, 5.41) is 14.9. The van der Waals surface area contributed by atoms with Gasteiger partial charge in [-0.3, -0.25) is 4.79 Å². The molecule has 9 heteroatoms. The van der Waals surface area contributed by atoms with E-state index in [4.69, 9.17) is 4.74 Å². The third-order valence-electron chi connectivity index (χ3n) is 5.10. The Hall–Kier alpha value is -2.23. The minimum atomic E-state index is -0.104. The molecule has 1 saturated heterocycles. The molecule has 0 saturated carbocycles. The number of ether oxygens (including phenoxy) is 1. The number of aromatic nitrogens is 4. The lowest BCUT2D eigenvalue weighted by atomic mass is 10.1. The van der Waals surface area contributed by atoms with Gasteiger partial charge in [0.25, 0.3) is 0 Å². The number of anilines is 1. The van der Waals surface area contributed by atoms with Crippen LogP contribution < -0.4 is 5.32 Å². The quantitative estimate of drug-likeness (QED) is 0.492. The van der Waals surface area contributed by atoms with Gasteiger partial charge in [-0.1, -0.05) is 55.4 Å². The summed E-state index contributed by atoms with van der Waals surface area (Å²) in [5.74, 6) is 1.34. The predicted molar refractivity (Wildman–Crippen MR) is 125 cm³/mol. The molecule has 1 amide bonds. The van der Waals surface area contributed by atoms with Crippen LogP contribution in [0, 0.1) is 6.92 Å². The van der Waals surface area contributed by atoms with E-state index in [0.717, 1.165) is 48.2 Å². The van der Waals surface area contributed by atoms with Crippen molar-refractivity contribution in [2.75, 3.05) is 17.7 Å². The molecule has 0 aliphatic carbocycles. The second-order valence-electron chi connectivity index (χ2n) is 7.98. The van der Waals surface area contributed by atoms with Gasteiger partial charge in [-0.2, -0.15) is 0 Å². The molecule has 0 spiro atoms. The fourth-order valence-corrected chi connectivity index (χ4v) is 4.96. The molecule has 3 heterocycles. The fraction of sp³-hybridized carbons (Fsp3) is 0.455. The van der Waals surface area contributed by atoms with Crippen molar-refractivity contribution >= 4 is 34.1 Å². The minimum Gasteiger partial charge on any atom is -0.376 e. The lowest BCUT2D eigenvalue weighted by Crippen LogP contribution is -2.19. The van der Waals surface area contributed by atoms with E-state index in [0.29, 0.717) is 5.13 Å². The molecule has 4 rings (SSSR count). The number of hydrogen-bond donors (Lipinski definition) is 1. The molecule has 1 unspecified atom stereocenters. The number of hydrogen-bond acceptors (Lipinski definition) is 7. The van der Waals surface area contributed by atoms with Gasteiger partial charge in [0.05, 0.1) is 24.1 Å². The maximum Gasteiger partial charge on any atom is 0.236 e. The number of rotatable bonds is 8. The van der Waals surface area contributed by atoms with Gasteiger partial charge in [-0.05, 0) is 19.8 Å². The first kappa shape index (κ1) is 22.0. The molecule has 31 heavy (non-hydrogen) atoms. The van der Waals surface area contributed by atoms with Gasteiger partial charge < -0.3 is 14.6 Å². The summed E-state index contributed by atoms with van der Waals surface area (Å²) in [7, 11) is 0. The molecule has 1 fully saturated rings. The van der Waals surface area contributed by atoms with Crippen LogP contribution in [0.25, 0.3) is 11.3 Å². The van der Waals surface area contributed by atoms with E-state index in [1.807, 2.05) is 17.5 Å². The van der Waals surface area contributed by atoms with Crippen LogP contribution in [0.3, 0.4) is 0 Å². The van der Waals surface area contributed by atoms with E-state index in [2.05, 4.69) is 58.0 Å². The standard InChI is InChI=1S/C22H27N5O2S2/c1-14(2)20-25-26-22(27(20)11-17-5-4-10-29-17)31-13-19(28)24-21-23-18(12-30-21)16-8-6-15(3)7-9-16/h6-9,12,14,17H,4-5,10-11,13H2,1-3H3,(H,23,24,28). The minimum absolute atomic E-state index is 0.104. The summed E-state index contributed by atoms with van der Waals surface area (Å²) >= 11 is 2.83. The maximum atomic E-state index is 12.5. The molecule has 3 aromatic rings. The largest absolute Gasteiger partial charge is 0.376 e. The first-order valence-electron chi connectivity index (χ1n) is 10.5. The van der Waals surface area contributed by atoms with Crippen molar-refractivity contribution in [1.82, 2.24) is 19.7 Å². The molecule has 2 aromatic heterocycles. The zero-order chi connectivity index (χ0) is 21.8. The van der Waals surface area contributed by atoms with Crippen LogP contribution in [-0.4, -0.2) is 44.1 Å². The zero-order valence-electron chi connectivity index (χ0n) is 18.0. The Morgan fingerprint density at radius 2 is 2.13 bits per heavy atom. The normalized spacial score (nSPS) is 16.2. The van der Waals surface area contributed by atoms with Gasteiger partial charge >= 0.3 is 0 Å². The van der Waals surface area contributed by atoms with Crippen LogP contribution in [-0.2, 0) is 16.1 Å². The number of amides is 1. The Morgan fingerprint density at radius 1 is 1.32 bits per heavy atom. The highest BCUT2D eigenvalue weighted by molar-refractivity contribution is 7.99. The highest BCUT2D eigenvalue weighted by Gasteiger charge is 2.22. The zero-order valence-corrected chi connectivity index (χ0v) is 19.6. The Labute approximate surface area is 190 Å². The van der Waals surface area contributed by atoms with Gasteiger partial charge in [0, 0.05) is 23.5 Å². The SMILES string of the molecule is Cc1ccc(-c2csc(NC(=O)CSc3nnc(C(C)C)n3CC3CCCO3)n2)cc1. The second-order valence-corrected chi connectivity index (χ2v) is 9.78. The molecule has 0 radical (unpaired) electrons. The number of thiazole rings is 1. The van der Waals surface area contributed by atoms with Gasteiger partial charge in [0.15, 0.2) is 10.3 Å². The first-order valence-corrected chi connectivity index (χ1v) is 12.4. The topological polar surface area (TPSA) is 81.9 Å². The smallest absolute Gasteiger partial charge is 0.236 e. The van der Waals surface area contributed by atoms with Gasteiger partial charge in [0.2, 0.25) is 5.91 Å². The lowest BCUT2D eigenvalue weighted by Gasteiger charge is -2.15. The van der Waals surface area contributed by atoms with Crippen LogP contribution in [0.1, 0.15) is 44.0 Å². The summed E-state index contributed by atoms with van der Waals surface area (Å²) in [6, 6.07) is 8.20. The number of carbonyl (C=O) groups excluding carboxylic acids is 1. The van der Waals surface area contributed by atoms with Crippen LogP contribution in [0.5, 0.6) is 0 Å². The predicted octanol–water partition coefficient (Wildman–Crippen LogP) is 4.74. The average molecular weight is 458 g/mol. The van der Waals surface area contributed by atoms with Crippen LogP contribution in [0.2, 0.25) is 0 Å². The van der Waals surface area contributed by atoms with Crippen LogP contribution >= 0.6 is 23.1 Å². The van der Waals surface area contributed by atoms with Crippen LogP contribution in [0.15, 0.2) is 34.8 Å². The van der Waals surface area contributed by atoms with Crippen LogP contribution in [0.4, 0.5) is 5.13 Å². The summed E-state index contributed by atoms with van der Waals surface area (Å²) in [5.41, 5.74) is 3.11. The Morgan fingerprint density at radius 3 is 2.84 bits per heavy atom. The number of thioether (sulfide) groups is 1. The molecule has 0 bridgehead atoms. The third-order valence-corrected chi connectivity index (χ3v) is 6.83. The van der Waals surface area contributed by atoms with Crippen molar-refractivity contribution in [1.29, 1.82) is 0 Å². The molecule has 1 aliphatic rings.